The monoisotopic (exact) mass is 332 g/mol. The van der Waals surface area contributed by atoms with Gasteiger partial charge in [0.2, 0.25) is 5.91 Å². The highest BCUT2D eigenvalue weighted by molar-refractivity contribution is 7.22. The molecule has 0 aliphatic carbocycles. The van der Waals surface area contributed by atoms with Crippen LogP contribution in [0, 0.1) is 6.92 Å². The van der Waals surface area contributed by atoms with E-state index in [1.807, 2.05) is 19.1 Å². The van der Waals surface area contributed by atoms with Gasteiger partial charge in [-0.15, -0.1) is 0 Å². The third-order valence-corrected chi connectivity index (χ3v) is 4.15. The maximum Gasteiger partial charge on any atom is 0.225 e. The molecule has 0 saturated heterocycles. The number of aryl methyl sites for hydroxylation is 1. The first-order chi connectivity index (χ1) is 11.0. The standard InChI is InChI=1S/C14H16N6O2S/c1-7-4-8(5-9-12(7)18-14(16)23-9)13-17-11(6-10(15)22)19-20(13)2-3-21/h4-5,21H,2-3,6H2,1H3,(H2,15,22)(H2,16,18). The molecule has 0 spiro atoms. The van der Waals surface area contributed by atoms with Crippen LogP contribution in [0.2, 0.25) is 0 Å². The largest absolute Gasteiger partial charge is 0.394 e. The number of hydrogen-bond donors (Lipinski definition) is 3. The lowest BCUT2D eigenvalue weighted by Gasteiger charge is -2.05. The molecule has 1 aromatic carbocycles. The summed E-state index contributed by atoms with van der Waals surface area (Å²) in [5.41, 5.74) is 13.6. The molecule has 3 aromatic rings. The lowest BCUT2D eigenvalue weighted by atomic mass is 10.1. The topological polar surface area (TPSA) is 133 Å². The fourth-order valence-corrected chi connectivity index (χ4v) is 3.28. The molecule has 0 fully saturated rings. The zero-order valence-electron chi connectivity index (χ0n) is 12.5. The van der Waals surface area contributed by atoms with Gasteiger partial charge in [0, 0.05) is 5.56 Å². The van der Waals surface area contributed by atoms with Crippen molar-refractivity contribution in [1.82, 2.24) is 19.7 Å². The fourth-order valence-electron chi connectivity index (χ4n) is 2.43. The van der Waals surface area contributed by atoms with Gasteiger partial charge in [-0.05, 0) is 24.6 Å². The maximum atomic E-state index is 11.1. The highest BCUT2D eigenvalue weighted by atomic mass is 32.1. The van der Waals surface area contributed by atoms with Crippen molar-refractivity contribution in [3.05, 3.63) is 23.5 Å². The summed E-state index contributed by atoms with van der Waals surface area (Å²) in [5, 5.41) is 14.0. The van der Waals surface area contributed by atoms with Crippen LogP contribution in [0.1, 0.15) is 11.4 Å². The average Bonchev–Trinajstić information content (AvgIpc) is 3.02. The number of amides is 1. The first-order valence-electron chi connectivity index (χ1n) is 6.98. The average molecular weight is 332 g/mol. The van der Waals surface area contributed by atoms with Crippen molar-refractivity contribution < 1.29 is 9.90 Å². The summed E-state index contributed by atoms with van der Waals surface area (Å²) in [6.45, 7) is 2.15. The van der Waals surface area contributed by atoms with Crippen LogP contribution < -0.4 is 11.5 Å². The Hall–Kier alpha value is -2.52. The van der Waals surface area contributed by atoms with Crippen LogP contribution in [0.3, 0.4) is 0 Å². The van der Waals surface area contributed by atoms with Crippen molar-refractivity contribution in [1.29, 1.82) is 0 Å². The number of nitrogen functional groups attached to an aromatic ring is 1. The van der Waals surface area contributed by atoms with E-state index in [-0.39, 0.29) is 19.6 Å². The van der Waals surface area contributed by atoms with Gasteiger partial charge in [0.15, 0.2) is 16.8 Å². The fraction of sp³-hybridized carbons (Fsp3) is 0.286. The number of aromatic nitrogens is 4. The Morgan fingerprint density at radius 1 is 1.39 bits per heavy atom. The Kier molecular flexibility index (Phi) is 3.97. The number of primary amides is 1. The normalized spacial score (nSPS) is 11.2. The molecule has 0 aliphatic heterocycles. The van der Waals surface area contributed by atoms with E-state index in [0.717, 1.165) is 21.3 Å². The predicted octanol–water partition coefficient (Wildman–Crippen LogP) is 0.466. The molecule has 0 aliphatic rings. The van der Waals surface area contributed by atoms with Crippen LogP contribution in [-0.4, -0.2) is 37.4 Å². The van der Waals surface area contributed by atoms with Crippen LogP contribution in [0.4, 0.5) is 5.13 Å². The van der Waals surface area contributed by atoms with E-state index in [1.165, 1.54) is 11.3 Å². The highest BCUT2D eigenvalue weighted by Crippen LogP contribution is 2.31. The van der Waals surface area contributed by atoms with Gasteiger partial charge >= 0.3 is 0 Å². The minimum Gasteiger partial charge on any atom is -0.394 e. The molecule has 9 heteroatoms. The van der Waals surface area contributed by atoms with E-state index in [9.17, 15) is 9.90 Å². The van der Waals surface area contributed by atoms with Crippen molar-refractivity contribution >= 4 is 32.6 Å². The summed E-state index contributed by atoms with van der Waals surface area (Å²) < 4.78 is 2.52. The number of hydrogen-bond acceptors (Lipinski definition) is 7. The molecule has 0 atom stereocenters. The number of aliphatic hydroxyl groups is 1. The SMILES string of the molecule is Cc1cc(-c2nc(CC(N)=O)nn2CCO)cc2sc(N)nc12. The Morgan fingerprint density at radius 3 is 2.87 bits per heavy atom. The number of rotatable bonds is 5. The molecular weight excluding hydrogens is 316 g/mol. The smallest absolute Gasteiger partial charge is 0.225 e. The van der Waals surface area contributed by atoms with Crippen molar-refractivity contribution in [2.24, 2.45) is 5.73 Å². The molecule has 23 heavy (non-hydrogen) atoms. The number of nitrogens with two attached hydrogens (primary N) is 2. The zero-order valence-corrected chi connectivity index (χ0v) is 13.3. The number of fused-ring (bicyclic) bond motifs is 1. The number of nitrogens with zero attached hydrogens (tertiary/aromatic N) is 4. The lowest BCUT2D eigenvalue weighted by Crippen LogP contribution is -2.15. The molecule has 2 aromatic heterocycles. The molecule has 2 heterocycles. The van der Waals surface area contributed by atoms with Crippen molar-refractivity contribution in [2.75, 3.05) is 12.3 Å². The number of anilines is 1. The van der Waals surface area contributed by atoms with Crippen LogP contribution in [0.15, 0.2) is 12.1 Å². The third kappa shape index (κ3) is 3.01. The third-order valence-electron chi connectivity index (χ3n) is 3.32. The van der Waals surface area contributed by atoms with Crippen LogP contribution in [0.5, 0.6) is 0 Å². The van der Waals surface area contributed by atoms with E-state index in [1.54, 1.807) is 4.68 Å². The summed E-state index contributed by atoms with van der Waals surface area (Å²) >= 11 is 1.40. The summed E-state index contributed by atoms with van der Waals surface area (Å²) in [6, 6.07) is 3.87. The summed E-state index contributed by atoms with van der Waals surface area (Å²) in [6.07, 6.45) is -0.0415. The molecule has 0 bridgehead atoms. The molecule has 5 N–H and O–H groups in total. The minimum absolute atomic E-state index is 0.0415. The molecule has 0 unspecified atom stereocenters. The maximum absolute atomic E-state index is 11.1. The summed E-state index contributed by atoms with van der Waals surface area (Å²) in [7, 11) is 0. The van der Waals surface area contributed by atoms with E-state index >= 15 is 0 Å². The number of carbonyl (C=O) groups is 1. The predicted molar refractivity (Wildman–Crippen MR) is 87.8 cm³/mol. The number of thiazole rings is 1. The first kappa shape index (κ1) is 15.4. The van der Waals surface area contributed by atoms with Gasteiger partial charge in [-0.3, -0.25) is 4.79 Å². The van der Waals surface area contributed by atoms with E-state index in [2.05, 4.69) is 15.1 Å². The number of benzene rings is 1. The van der Waals surface area contributed by atoms with Gasteiger partial charge in [-0.2, -0.15) is 5.10 Å². The number of carbonyl (C=O) groups excluding carboxylic acids is 1. The lowest BCUT2D eigenvalue weighted by molar-refractivity contribution is -0.117. The van der Waals surface area contributed by atoms with Crippen molar-refractivity contribution in [2.45, 2.75) is 19.9 Å². The Bertz CT molecular complexity index is 885. The highest BCUT2D eigenvalue weighted by Gasteiger charge is 2.16. The van der Waals surface area contributed by atoms with Gasteiger partial charge in [-0.1, -0.05) is 11.3 Å². The number of aliphatic hydroxyl groups excluding tert-OH is 1. The summed E-state index contributed by atoms with van der Waals surface area (Å²) in [4.78, 5) is 19.8. The van der Waals surface area contributed by atoms with Gasteiger partial charge in [0.1, 0.15) is 0 Å². The molecular formula is C14H16N6O2S. The van der Waals surface area contributed by atoms with E-state index in [4.69, 9.17) is 11.5 Å². The van der Waals surface area contributed by atoms with Crippen LogP contribution in [-0.2, 0) is 17.8 Å². The van der Waals surface area contributed by atoms with E-state index < -0.39 is 5.91 Å². The second-order valence-corrected chi connectivity index (χ2v) is 6.20. The van der Waals surface area contributed by atoms with E-state index in [0.29, 0.717) is 16.8 Å². The second-order valence-electron chi connectivity index (χ2n) is 5.13. The quantitative estimate of drug-likeness (QED) is 0.622. The molecule has 8 nitrogen and oxygen atoms in total. The first-order valence-corrected chi connectivity index (χ1v) is 7.79. The molecule has 0 saturated carbocycles. The molecule has 1 amide bonds. The second kappa shape index (κ2) is 5.94. The van der Waals surface area contributed by atoms with Gasteiger partial charge in [-0.25, -0.2) is 14.6 Å². The zero-order chi connectivity index (χ0) is 16.6. The van der Waals surface area contributed by atoms with Crippen molar-refractivity contribution in [3.63, 3.8) is 0 Å². The van der Waals surface area contributed by atoms with Crippen LogP contribution in [0.25, 0.3) is 21.6 Å². The minimum atomic E-state index is -0.500. The molecule has 3 rings (SSSR count). The Morgan fingerprint density at radius 2 is 2.17 bits per heavy atom. The molecule has 120 valence electrons. The Balaban J connectivity index is 2.12. The van der Waals surface area contributed by atoms with Crippen LogP contribution >= 0.6 is 11.3 Å². The van der Waals surface area contributed by atoms with Gasteiger partial charge in [0.05, 0.1) is 29.8 Å². The molecule has 0 radical (unpaired) electrons. The van der Waals surface area contributed by atoms with Gasteiger partial charge < -0.3 is 16.6 Å². The Labute approximate surface area is 135 Å². The summed E-state index contributed by atoms with van der Waals surface area (Å²) in [5.74, 6) is 0.411. The van der Waals surface area contributed by atoms with Crippen molar-refractivity contribution in [3.8, 4) is 11.4 Å². The van der Waals surface area contributed by atoms with Gasteiger partial charge in [0.25, 0.3) is 0 Å².